The minimum atomic E-state index is -0.558. The summed E-state index contributed by atoms with van der Waals surface area (Å²) in [4.78, 5) is 12.4. The quantitative estimate of drug-likeness (QED) is 0.410. The zero-order valence-electron chi connectivity index (χ0n) is 15.1. The molecule has 29 heavy (non-hydrogen) atoms. The smallest absolute Gasteiger partial charge is 0.237 e. The molecular weight excluding hydrogens is 440 g/mol. The summed E-state index contributed by atoms with van der Waals surface area (Å²) in [5.74, 6) is 5.53. The lowest BCUT2D eigenvalue weighted by atomic mass is 10.3. The van der Waals surface area contributed by atoms with Gasteiger partial charge in [-0.25, -0.2) is 9.07 Å². The Balaban J connectivity index is 1.62. The minimum Gasteiger partial charge on any atom is -0.482 e. The highest BCUT2D eigenvalue weighted by Crippen LogP contribution is 2.27. The second kappa shape index (κ2) is 9.34. The summed E-state index contributed by atoms with van der Waals surface area (Å²) in [7, 11) is 0. The van der Waals surface area contributed by atoms with Crippen molar-refractivity contribution in [2.45, 2.75) is 23.9 Å². The van der Waals surface area contributed by atoms with E-state index < -0.39 is 11.1 Å². The number of carbonyl (C=O) groups excluding carboxylic acids is 1. The molecule has 0 spiro atoms. The molecule has 3 rings (SSSR count). The Hall–Kier alpha value is -2.49. The van der Waals surface area contributed by atoms with Gasteiger partial charge in [0, 0.05) is 5.02 Å². The van der Waals surface area contributed by atoms with Gasteiger partial charge in [-0.2, -0.15) is 0 Å². The van der Waals surface area contributed by atoms with Crippen LogP contribution in [0.1, 0.15) is 12.7 Å². The predicted molar refractivity (Wildman–Crippen MR) is 111 cm³/mol. The van der Waals surface area contributed by atoms with Crippen LogP contribution in [-0.4, -0.2) is 26.0 Å². The van der Waals surface area contributed by atoms with E-state index in [0.29, 0.717) is 20.9 Å². The van der Waals surface area contributed by atoms with Gasteiger partial charge in [0.15, 0.2) is 17.4 Å². The van der Waals surface area contributed by atoms with Crippen molar-refractivity contribution in [1.82, 2.24) is 14.9 Å². The van der Waals surface area contributed by atoms with Gasteiger partial charge in [0.2, 0.25) is 11.1 Å². The molecule has 3 N–H and O–H groups in total. The van der Waals surface area contributed by atoms with Crippen LogP contribution in [0.5, 0.6) is 5.75 Å². The molecule has 3 aromatic rings. The Morgan fingerprint density at radius 1 is 1.31 bits per heavy atom. The van der Waals surface area contributed by atoms with Crippen LogP contribution < -0.4 is 15.9 Å². The van der Waals surface area contributed by atoms with E-state index in [2.05, 4.69) is 15.5 Å². The standard InChI is InChI=1S/C18H16Cl2FN5O2S/c1-10(17(27)23-14-8-11(19)6-7-12(14)20)29-18-25-24-16(26(18)22)9-28-15-5-3-2-4-13(15)21/h2-8,10H,9,22H2,1H3,(H,23,27). The normalized spacial score (nSPS) is 11.9. The van der Waals surface area contributed by atoms with Crippen LogP contribution in [0, 0.1) is 5.82 Å². The molecule has 1 amide bonds. The van der Waals surface area contributed by atoms with Gasteiger partial charge in [0.1, 0.15) is 6.61 Å². The fourth-order valence-electron chi connectivity index (χ4n) is 2.23. The lowest BCUT2D eigenvalue weighted by Gasteiger charge is -2.13. The molecule has 1 heterocycles. The molecule has 1 unspecified atom stereocenters. The molecule has 0 aliphatic carbocycles. The van der Waals surface area contributed by atoms with Crippen LogP contribution in [0.25, 0.3) is 0 Å². The summed E-state index contributed by atoms with van der Waals surface area (Å²) in [6.45, 7) is 1.60. The molecule has 0 aliphatic rings. The largest absolute Gasteiger partial charge is 0.482 e. The van der Waals surface area contributed by atoms with Crippen molar-refractivity contribution < 1.29 is 13.9 Å². The molecule has 152 valence electrons. The second-order valence-corrected chi connectivity index (χ2v) is 8.01. The van der Waals surface area contributed by atoms with Gasteiger partial charge in [-0.1, -0.05) is 47.1 Å². The van der Waals surface area contributed by atoms with Crippen molar-refractivity contribution >= 4 is 46.6 Å². The van der Waals surface area contributed by atoms with E-state index in [4.69, 9.17) is 33.8 Å². The van der Waals surface area contributed by atoms with Crippen molar-refractivity contribution in [3.05, 3.63) is 64.2 Å². The van der Waals surface area contributed by atoms with Gasteiger partial charge < -0.3 is 15.9 Å². The molecule has 0 aliphatic heterocycles. The highest BCUT2D eigenvalue weighted by Gasteiger charge is 2.20. The van der Waals surface area contributed by atoms with Crippen molar-refractivity contribution in [2.24, 2.45) is 0 Å². The number of nitrogens with zero attached hydrogens (tertiary/aromatic N) is 3. The van der Waals surface area contributed by atoms with Crippen LogP contribution in [-0.2, 0) is 11.4 Å². The van der Waals surface area contributed by atoms with Crippen LogP contribution in [0.15, 0.2) is 47.6 Å². The number of nitrogens with two attached hydrogens (primary N) is 1. The number of benzene rings is 2. The first-order valence-electron chi connectivity index (χ1n) is 8.34. The number of nitrogen functional groups attached to an aromatic ring is 1. The van der Waals surface area contributed by atoms with E-state index in [1.165, 1.54) is 16.8 Å². The monoisotopic (exact) mass is 455 g/mol. The third kappa shape index (κ3) is 5.31. The van der Waals surface area contributed by atoms with Gasteiger partial charge >= 0.3 is 0 Å². The maximum Gasteiger partial charge on any atom is 0.237 e. The molecular formula is C18H16Cl2FN5O2S. The van der Waals surface area contributed by atoms with E-state index in [0.717, 1.165) is 11.8 Å². The van der Waals surface area contributed by atoms with Crippen LogP contribution in [0.3, 0.4) is 0 Å². The van der Waals surface area contributed by atoms with Crippen molar-refractivity contribution in [1.29, 1.82) is 0 Å². The molecule has 7 nitrogen and oxygen atoms in total. The third-order valence-electron chi connectivity index (χ3n) is 3.77. The first-order chi connectivity index (χ1) is 13.8. The van der Waals surface area contributed by atoms with Crippen LogP contribution in [0.2, 0.25) is 10.0 Å². The maximum atomic E-state index is 13.6. The van der Waals surface area contributed by atoms with E-state index in [1.54, 1.807) is 37.3 Å². The Bertz CT molecular complexity index is 1030. The van der Waals surface area contributed by atoms with Crippen LogP contribution >= 0.6 is 35.0 Å². The number of amides is 1. The molecule has 0 radical (unpaired) electrons. The van der Waals surface area contributed by atoms with E-state index in [9.17, 15) is 9.18 Å². The average Bonchev–Trinajstić information content (AvgIpc) is 3.03. The van der Waals surface area contributed by atoms with E-state index >= 15 is 0 Å². The molecule has 0 saturated heterocycles. The van der Waals surface area contributed by atoms with E-state index in [-0.39, 0.29) is 24.1 Å². The Kier molecular flexibility index (Phi) is 6.83. The number of ether oxygens (including phenoxy) is 1. The van der Waals surface area contributed by atoms with Crippen molar-refractivity contribution in [3.8, 4) is 5.75 Å². The zero-order chi connectivity index (χ0) is 21.0. The third-order valence-corrected chi connectivity index (χ3v) is 5.39. The fraction of sp³-hybridized carbons (Fsp3) is 0.167. The highest BCUT2D eigenvalue weighted by atomic mass is 35.5. The Labute approximate surface area is 180 Å². The number of thioether (sulfide) groups is 1. The summed E-state index contributed by atoms with van der Waals surface area (Å²) >= 11 is 13.1. The number of anilines is 1. The number of nitrogens with one attached hydrogen (secondary N) is 1. The van der Waals surface area contributed by atoms with Gasteiger partial charge in [0.05, 0.1) is 16.0 Å². The molecule has 1 atom stereocenters. The molecule has 0 fully saturated rings. The van der Waals surface area contributed by atoms with Gasteiger partial charge in [0.25, 0.3) is 0 Å². The number of rotatable bonds is 7. The average molecular weight is 456 g/mol. The SMILES string of the molecule is CC(Sc1nnc(COc2ccccc2F)n1N)C(=O)Nc1cc(Cl)ccc1Cl. The fourth-order valence-corrected chi connectivity index (χ4v) is 3.36. The maximum absolute atomic E-state index is 13.6. The molecule has 0 bridgehead atoms. The lowest BCUT2D eigenvalue weighted by molar-refractivity contribution is -0.115. The summed E-state index contributed by atoms with van der Waals surface area (Å²) in [5, 5.41) is 11.2. The molecule has 1 aromatic heterocycles. The van der Waals surface area contributed by atoms with Crippen molar-refractivity contribution in [3.63, 3.8) is 0 Å². The number of hydrogen-bond acceptors (Lipinski definition) is 6. The molecule has 0 saturated carbocycles. The zero-order valence-corrected chi connectivity index (χ0v) is 17.4. The predicted octanol–water partition coefficient (Wildman–Crippen LogP) is 4.14. The first-order valence-corrected chi connectivity index (χ1v) is 9.98. The summed E-state index contributed by atoms with van der Waals surface area (Å²) < 4.78 is 20.2. The number of hydrogen-bond donors (Lipinski definition) is 2. The van der Waals surface area contributed by atoms with Crippen molar-refractivity contribution in [2.75, 3.05) is 11.2 Å². The van der Waals surface area contributed by atoms with Gasteiger partial charge in [-0.3, -0.25) is 4.79 Å². The minimum absolute atomic E-state index is 0.0795. The summed E-state index contributed by atoms with van der Waals surface area (Å²) in [6.07, 6.45) is 0. The van der Waals surface area contributed by atoms with Gasteiger partial charge in [-0.15, -0.1) is 10.2 Å². The number of carbonyl (C=O) groups is 1. The molecule has 11 heteroatoms. The Morgan fingerprint density at radius 2 is 2.07 bits per heavy atom. The number of para-hydroxylation sites is 1. The number of halogens is 3. The Morgan fingerprint density at radius 3 is 2.83 bits per heavy atom. The number of aromatic nitrogens is 3. The highest BCUT2D eigenvalue weighted by molar-refractivity contribution is 8.00. The second-order valence-electron chi connectivity index (χ2n) is 5.86. The van der Waals surface area contributed by atoms with Crippen LogP contribution in [0.4, 0.5) is 10.1 Å². The van der Waals surface area contributed by atoms with Gasteiger partial charge in [-0.05, 0) is 37.3 Å². The van der Waals surface area contributed by atoms with E-state index in [1.807, 2.05) is 0 Å². The topological polar surface area (TPSA) is 95.1 Å². The lowest BCUT2D eigenvalue weighted by Crippen LogP contribution is -2.24. The summed E-state index contributed by atoms with van der Waals surface area (Å²) in [5.41, 5.74) is 0.407. The molecule has 2 aromatic carbocycles. The first kappa shape index (κ1) is 21.2. The summed E-state index contributed by atoms with van der Waals surface area (Å²) in [6, 6.07) is 10.8.